The van der Waals surface area contributed by atoms with E-state index in [0.717, 1.165) is 18.7 Å². The molecule has 0 bridgehead atoms. The van der Waals surface area contributed by atoms with Crippen molar-refractivity contribution in [1.82, 2.24) is 15.3 Å². The second-order valence-corrected chi connectivity index (χ2v) is 6.23. The Kier molecular flexibility index (Phi) is 3.89. The fraction of sp³-hybridized carbons (Fsp3) is 0.467. The first-order valence-electron chi connectivity index (χ1n) is 6.90. The van der Waals surface area contributed by atoms with Gasteiger partial charge in [-0.05, 0) is 38.4 Å². The lowest BCUT2D eigenvalue weighted by Crippen LogP contribution is -2.21. The Hall–Kier alpha value is -1.26. The molecule has 0 radical (unpaired) electrons. The van der Waals surface area contributed by atoms with E-state index < -0.39 is 0 Å². The van der Waals surface area contributed by atoms with Gasteiger partial charge >= 0.3 is 0 Å². The standard InChI is InChI=1S/C15H19N3S/c1-16-10-11-5-4-7-13-15(11)18-14(19-13)9-12-6-2-3-8-17-12/h2-3,6,8,11,16H,4-5,7,9-10H2,1H3. The Bertz CT molecular complexity index is 536. The lowest BCUT2D eigenvalue weighted by Gasteiger charge is -2.20. The van der Waals surface area contributed by atoms with Crippen LogP contribution < -0.4 is 5.32 Å². The van der Waals surface area contributed by atoms with Crippen LogP contribution in [0.25, 0.3) is 0 Å². The van der Waals surface area contributed by atoms with E-state index >= 15 is 0 Å². The van der Waals surface area contributed by atoms with Crippen molar-refractivity contribution in [3.8, 4) is 0 Å². The second-order valence-electron chi connectivity index (χ2n) is 5.06. The Morgan fingerprint density at radius 1 is 1.42 bits per heavy atom. The van der Waals surface area contributed by atoms with Crippen LogP contribution in [0, 0.1) is 0 Å². The molecule has 0 fully saturated rings. The van der Waals surface area contributed by atoms with Crippen LogP contribution in [0.2, 0.25) is 0 Å². The summed E-state index contributed by atoms with van der Waals surface area (Å²) in [7, 11) is 2.02. The number of hydrogen-bond donors (Lipinski definition) is 1. The topological polar surface area (TPSA) is 37.8 Å². The molecule has 0 saturated carbocycles. The fourth-order valence-electron chi connectivity index (χ4n) is 2.74. The first-order valence-corrected chi connectivity index (χ1v) is 7.71. The number of likely N-dealkylation sites (N-methyl/N-ethyl adjacent to an activating group) is 1. The average Bonchev–Trinajstić information content (AvgIpc) is 2.84. The van der Waals surface area contributed by atoms with E-state index in [9.17, 15) is 0 Å². The number of aromatic nitrogens is 2. The molecular formula is C15H19N3S. The molecule has 100 valence electrons. The van der Waals surface area contributed by atoms with Crippen LogP contribution in [0.1, 0.15) is 40.0 Å². The van der Waals surface area contributed by atoms with E-state index in [1.54, 1.807) is 0 Å². The van der Waals surface area contributed by atoms with Crippen molar-refractivity contribution in [2.45, 2.75) is 31.6 Å². The minimum absolute atomic E-state index is 0.600. The van der Waals surface area contributed by atoms with Gasteiger partial charge in [-0.1, -0.05) is 6.07 Å². The van der Waals surface area contributed by atoms with Gasteiger partial charge in [-0.2, -0.15) is 0 Å². The smallest absolute Gasteiger partial charge is 0.0990 e. The van der Waals surface area contributed by atoms with Crippen LogP contribution in [0.3, 0.4) is 0 Å². The monoisotopic (exact) mass is 273 g/mol. The molecule has 3 nitrogen and oxygen atoms in total. The van der Waals surface area contributed by atoms with Crippen LogP contribution in [0.15, 0.2) is 24.4 Å². The normalized spacial score (nSPS) is 18.3. The predicted octanol–water partition coefficient (Wildman–Crippen LogP) is 2.77. The molecule has 1 aliphatic carbocycles. The molecule has 0 amide bonds. The summed E-state index contributed by atoms with van der Waals surface area (Å²) >= 11 is 1.88. The van der Waals surface area contributed by atoms with E-state index in [4.69, 9.17) is 4.98 Å². The third kappa shape index (κ3) is 2.85. The van der Waals surface area contributed by atoms with Gasteiger partial charge < -0.3 is 5.32 Å². The third-order valence-corrected chi connectivity index (χ3v) is 4.75. The van der Waals surface area contributed by atoms with Crippen molar-refractivity contribution in [2.24, 2.45) is 0 Å². The number of nitrogens with zero attached hydrogens (tertiary/aromatic N) is 2. The molecule has 1 atom stereocenters. The number of pyridine rings is 1. The number of hydrogen-bond acceptors (Lipinski definition) is 4. The molecule has 19 heavy (non-hydrogen) atoms. The zero-order chi connectivity index (χ0) is 13.1. The van der Waals surface area contributed by atoms with Gasteiger partial charge in [0.15, 0.2) is 0 Å². The molecule has 3 rings (SSSR count). The van der Waals surface area contributed by atoms with Crippen molar-refractivity contribution in [3.05, 3.63) is 45.7 Å². The Morgan fingerprint density at radius 3 is 3.16 bits per heavy atom. The first-order chi connectivity index (χ1) is 9.36. The zero-order valence-electron chi connectivity index (χ0n) is 11.2. The summed E-state index contributed by atoms with van der Waals surface area (Å²) in [6.45, 7) is 1.04. The highest BCUT2D eigenvalue weighted by Gasteiger charge is 2.24. The van der Waals surface area contributed by atoms with Crippen LogP contribution >= 0.6 is 11.3 Å². The van der Waals surface area contributed by atoms with E-state index in [1.807, 2.05) is 36.7 Å². The van der Waals surface area contributed by atoms with Crippen molar-refractivity contribution in [1.29, 1.82) is 0 Å². The van der Waals surface area contributed by atoms with Gasteiger partial charge in [0.2, 0.25) is 0 Å². The highest BCUT2D eigenvalue weighted by molar-refractivity contribution is 7.11. The molecule has 0 aromatic carbocycles. The molecule has 1 unspecified atom stereocenters. The van der Waals surface area contributed by atoms with E-state index in [1.165, 1.54) is 34.8 Å². The molecule has 2 aromatic heterocycles. The summed E-state index contributed by atoms with van der Waals surface area (Å²) in [5, 5.41) is 4.50. The quantitative estimate of drug-likeness (QED) is 0.931. The SMILES string of the molecule is CNCC1CCCc2sc(Cc3ccccn3)nc21. The molecule has 0 aliphatic heterocycles. The van der Waals surface area contributed by atoms with Crippen molar-refractivity contribution in [2.75, 3.05) is 13.6 Å². The molecule has 0 spiro atoms. The number of aryl methyl sites for hydroxylation is 1. The largest absolute Gasteiger partial charge is 0.319 e. The lowest BCUT2D eigenvalue weighted by molar-refractivity contribution is 0.522. The van der Waals surface area contributed by atoms with Crippen molar-refractivity contribution >= 4 is 11.3 Å². The molecule has 4 heteroatoms. The Morgan fingerprint density at radius 2 is 2.37 bits per heavy atom. The van der Waals surface area contributed by atoms with E-state index in [-0.39, 0.29) is 0 Å². The summed E-state index contributed by atoms with van der Waals surface area (Å²) in [6.07, 6.45) is 6.48. The molecule has 1 N–H and O–H groups in total. The van der Waals surface area contributed by atoms with Crippen LogP contribution in [-0.2, 0) is 12.8 Å². The van der Waals surface area contributed by atoms with Gasteiger partial charge in [0, 0.05) is 35.7 Å². The minimum Gasteiger partial charge on any atom is -0.319 e. The molecule has 2 heterocycles. The lowest BCUT2D eigenvalue weighted by atomic mass is 9.91. The molecule has 0 saturated heterocycles. The summed E-state index contributed by atoms with van der Waals surface area (Å²) in [5.74, 6) is 0.600. The predicted molar refractivity (Wildman–Crippen MR) is 78.8 cm³/mol. The van der Waals surface area contributed by atoms with E-state index in [2.05, 4.69) is 16.4 Å². The van der Waals surface area contributed by atoms with Crippen LogP contribution in [0.5, 0.6) is 0 Å². The number of fused-ring (bicyclic) bond motifs is 1. The van der Waals surface area contributed by atoms with Crippen molar-refractivity contribution in [3.63, 3.8) is 0 Å². The summed E-state index contributed by atoms with van der Waals surface area (Å²) in [4.78, 5) is 10.8. The van der Waals surface area contributed by atoms with Gasteiger partial charge in [0.05, 0.1) is 10.7 Å². The van der Waals surface area contributed by atoms with Gasteiger partial charge in [0.1, 0.15) is 0 Å². The highest BCUT2D eigenvalue weighted by Crippen LogP contribution is 2.34. The summed E-state index contributed by atoms with van der Waals surface area (Å²) in [5.41, 5.74) is 2.45. The fourth-order valence-corrected chi connectivity index (χ4v) is 3.95. The highest BCUT2D eigenvalue weighted by atomic mass is 32.1. The van der Waals surface area contributed by atoms with Gasteiger partial charge in [-0.25, -0.2) is 4.98 Å². The summed E-state index contributed by atoms with van der Waals surface area (Å²) in [6, 6.07) is 6.07. The molecule has 1 aliphatic rings. The zero-order valence-corrected chi connectivity index (χ0v) is 12.0. The third-order valence-electron chi connectivity index (χ3n) is 3.62. The molecule has 2 aromatic rings. The maximum atomic E-state index is 4.88. The first kappa shape index (κ1) is 12.8. The second kappa shape index (κ2) is 5.80. The maximum Gasteiger partial charge on any atom is 0.0990 e. The average molecular weight is 273 g/mol. The number of rotatable bonds is 4. The number of nitrogens with one attached hydrogen (secondary N) is 1. The Labute approximate surface area is 118 Å². The van der Waals surface area contributed by atoms with Crippen molar-refractivity contribution < 1.29 is 0 Å². The van der Waals surface area contributed by atoms with Gasteiger partial charge in [-0.3, -0.25) is 4.98 Å². The summed E-state index contributed by atoms with van der Waals surface area (Å²) < 4.78 is 0. The maximum absolute atomic E-state index is 4.88. The number of thiazole rings is 1. The minimum atomic E-state index is 0.600. The Balaban J connectivity index is 1.81. The van der Waals surface area contributed by atoms with Crippen LogP contribution in [-0.4, -0.2) is 23.6 Å². The molecular weight excluding hydrogens is 254 g/mol. The van der Waals surface area contributed by atoms with E-state index in [0.29, 0.717) is 5.92 Å². The van der Waals surface area contributed by atoms with Gasteiger partial charge in [-0.15, -0.1) is 11.3 Å². The van der Waals surface area contributed by atoms with Crippen LogP contribution in [0.4, 0.5) is 0 Å². The van der Waals surface area contributed by atoms with Gasteiger partial charge in [0.25, 0.3) is 0 Å².